The molecule has 100 valence electrons. The Morgan fingerprint density at radius 1 is 1.28 bits per heavy atom. The fraction of sp³-hybridized carbons (Fsp3) is 0.833. The van der Waals surface area contributed by atoms with Crippen molar-refractivity contribution in [2.45, 2.75) is 56.6 Å². The Balaban J connectivity index is 1.72. The number of aliphatic hydroxyl groups excluding tert-OH is 1. The van der Waals surface area contributed by atoms with E-state index in [0.29, 0.717) is 0 Å². The van der Waals surface area contributed by atoms with Crippen molar-refractivity contribution in [2.75, 3.05) is 6.61 Å². The molecule has 1 spiro atoms. The molecule has 2 aliphatic rings. The van der Waals surface area contributed by atoms with Crippen molar-refractivity contribution in [3.8, 4) is 0 Å². The van der Waals surface area contributed by atoms with Crippen LogP contribution in [0.15, 0.2) is 12.4 Å². The Morgan fingerprint density at radius 3 is 2.83 bits per heavy atom. The van der Waals surface area contributed by atoms with E-state index in [2.05, 4.69) is 10.3 Å². The van der Waals surface area contributed by atoms with Gasteiger partial charge in [0.15, 0.2) is 12.0 Å². The predicted molar refractivity (Wildman–Crippen MR) is 62.5 cm³/mol. The topological polar surface area (TPSA) is 69.4 Å². The SMILES string of the molecule is OC[C@H]1CCCC2(CCC[C@H](n3ccnn3)O2)O1. The molecule has 2 fully saturated rings. The van der Waals surface area contributed by atoms with E-state index in [1.165, 1.54) is 0 Å². The maximum atomic E-state index is 9.25. The van der Waals surface area contributed by atoms with Gasteiger partial charge in [-0.05, 0) is 25.7 Å². The molecule has 18 heavy (non-hydrogen) atoms. The lowest BCUT2D eigenvalue weighted by molar-refractivity contribution is -0.332. The number of hydrogen-bond acceptors (Lipinski definition) is 5. The van der Waals surface area contributed by atoms with Gasteiger partial charge < -0.3 is 14.6 Å². The molecule has 0 radical (unpaired) electrons. The van der Waals surface area contributed by atoms with Gasteiger partial charge >= 0.3 is 0 Å². The summed E-state index contributed by atoms with van der Waals surface area (Å²) in [6, 6.07) is 0. The number of ether oxygens (including phenoxy) is 2. The molecule has 3 rings (SSSR count). The average Bonchev–Trinajstić information content (AvgIpc) is 2.93. The normalized spacial score (nSPS) is 36.9. The first-order valence-corrected chi connectivity index (χ1v) is 6.64. The molecule has 1 aromatic heterocycles. The zero-order valence-corrected chi connectivity index (χ0v) is 10.4. The van der Waals surface area contributed by atoms with Crippen LogP contribution in [0.4, 0.5) is 0 Å². The van der Waals surface area contributed by atoms with Crippen LogP contribution in [0.25, 0.3) is 0 Å². The summed E-state index contributed by atoms with van der Waals surface area (Å²) in [6.07, 6.45) is 9.00. The molecule has 1 N–H and O–H groups in total. The molecule has 6 nitrogen and oxygen atoms in total. The first kappa shape index (κ1) is 12.1. The van der Waals surface area contributed by atoms with E-state index < -0.39 is 5.79 Å². The van der Waals surface area contributed by atoms with E-state index in [0.717, 1.165) is 38.5 Å². The van der Waals surface area contributed by atoms with Crippen LogP contribution < -0.4 is 0 Å². The molecule has 3 atom stereocenters. The summed E-state index contributed by atoms with van der Waals surface area (Å²) in [4.78, 5) is 0. The highest BCUT2D eigenvalue weighted by Crippen LogP contribution is 2.41. The van der Waals surface area contributed by atoms with Gasteiger partial charge in [-0.15, -0.1) is 5.10 Å². The molecule has 0 aromatic carbocycles. The summed E-state index contributed by atoms with van der Waals surface area (Å²) >= 11 is 0. The van der Waals surface area contributed by atoms with Gasteiger partial charge in [0.25, 0.3) is 0 Å². The molecule has 2 aliphatic heterocycles. The minimum atomic E-state index is -0.527. The van der Waals surface area contributed by atoms with Gasteiger partial charge in [0.05, 0.1) is 18.9 Å². The molecule has 2 saturated heterocycles. The van der Waals surface area contributed by atoms with Crippen molar-refractivity contribution < 1.29 is 14.6 Å². The lowest BCUT2D eigenvalue weighted by Gasteiger charge is -2.45. The van der Waals surface area contributed by atoms with E-state index in [1.54, 1.807) is 10.9 Å². The zero-order valence-electron chi connectivity index (χ0n) is 10.4. The third kappa shape index (κ3) is 2.28. The maximum Gasteiger partial charge on any atom is 0.171 e. The summed E-state index contributed by atoms with van der Waals surface area (Å²) in [5.41, 5.74) is 0. The largest absolute Gasteiger partial charge is 0.394 e. The van der Waals surface area contributed by atoms with Crippen molar-refractivity contribution in [3.63, 3.8) is 0 Å². The highest BCUT2D eigenvalue weighted by molar-refractivity contribution is 4.83. The molecule has 0 amide bonds. The second-order valence-corrected chi connectivity index (χ2v) is 5.07. The molecule has 0 saturated carbocycles. The number of aliphatic hydroxyl groups is 1. The summed E-state index contributed by atoms with van der Waals surface area (Å²) in [5, 5.41) is 17.1. The molecule has 1 aromatic rings. The predicted octanol–water partition coefficient (Wildman–Crippen LogP) is 1.23. The zero-order chi connectivity index (χ0) is 12.4. The highest BCUT2D eigenvalue weighted by atomic mass is 16.7. The van der Waals surface area contributed by atoms with Gasteiger partial charge in [-0.1, -0.05) is 5.21 Å². The molecular weight excluding hydrogens is 234 g/mol. The van der Waals surface area contributed by atoms with Gasteiger partial charge in [-0.25, -0.2) is 4.68 Å². The van der Waals surface area contributed by atoms with Crippen LogP contribution in [0.2, 0.25) is 0 Å². The minimum Gasteiger partial charge on any atom is -0.394 e. The maximum absolute atomic E-state index is 9.25. The Hall–Kier alpha value is -0.980. The monoisotopic (exact) mass is 253 g/mol. The quantitative estimate of drug-likeness (QED) is 0.858. The van der Waals surface area contributed by atoms with E-state index in [9.17, 15) is 5.11 Å². The molecular formula is C12H19N3O3. The van der Waals surface area contributed by atoms with Crippen LogP contribution in [0.3, 0.4) is 0 Å². The van der Waals surface area contributed by atoms with Gasteiger partial charge in [0.1, 0.15) is 0 Å². The summed E-state index contributed by atoms with van der Waals surface area (Å²) in [6.45, 7) is 0.0686. The molecule has 3 heterocycles. The molecule has 1 unspecified atom stereocenters. The van der Waals surface area contributed by atoms with Gasteiger partial charge in [-0.2, -0.15) is 0 Å². The first-order chi connectivity index (χ1) is 8.81. The summed E-state index contributed by atoms with van der Waals surface area (Å²) < 4.78 is 13.8. The number of aromatic nitrogens is 3. The fourth-order valence-electron chi connectivity index (χ4n) is 2.89. The van der Waals surface area contributed by atoms with Crippen LogP contribution in [-0.4, -0.2) is 38.6 Å². The van der Waals surface area contributed by atoms with Crippen molar-refractivity contribution in [2.24, 2.45) is 0 Å². The Morgan fingerprint density at radius 2 is 2.11 bits per heavy atom. The molecule has 0 bridgehead atoms. The number of nitrogens with zero attached hydrogens (tertiary/aromatic N) is 3. The van der Waals surface area contributed by atoms with Crippen LogP contribution in [-0.2, 0) is 9.47 Å². The Labute approximate surface area is 106 Å². The third-order valence-electron chi connectivity index (χ3n) is 3.76. The third-order valence-corrected chi connectivity index (χ3v) is 3.76. The Bertz CT molecular complexity index is 380. The van der Waals surface area contributed by atoms with E-state index >= 15 is 0 Å². The standard InChI is InChI=1S/C12H19N3O3/c16-9-10-3-1-5-12(17-10)6-2-4-11(18-12)15-8-7-13-14-15/h7-8,10-11,16H,1-6,9H2/t10-,11-,12?/m1/s1. The van der Waals surface area contributed by atoms with Crippen LogP contribution >= 0.6 is 0 Å². The Kier molecular flexibility index (Phi) is 3.32. The highest BCUT2D eigenvalue weighted by Gasteiger charge is 2.43. The summed E-state index contributed by atoms with van der Waals surface area (Å²) in [7, 11) is 0. The lowest BCUT2D eigenvalue weighted by Crippen LogP contribution is -2.47. The number of rotatable bonds is 2. The van der Waals surface area contributed by atoms with Gasteiger partial charge in [0.2, 0.25) is 0 Å². The van der Waals surface area contributed by atoms with Crippen molar-refractivity contribution in [3.05, 3.63) is 12.4 Å². The van der Waals surface area contributed by atoms with Crippen molar-refractivity contribution >= 4 is 0 Å². The van der Waals surface area contributed by atoms with Crippen LogP contribution in [0.1, 0.15) is 44.8 Å². The van der Waals surface area contributed by atoms with Crippen molar-refractivity contribution in [1.82, 2.24) is 15.0 Å². The second-order valence-electron chi connectivity index (χ2n) is 5.07. The van der Waals surface area contributed by atoms with E-state index in [4.69, 9.17) is 9.47 Å². The smallest absolute Gasteiger partial charge is 0.171 e. The molecule has 6 heteroatoms. The van der Waals surface area contributed by atoms with Gasteiger partial charge in [0, 0.05) is 19.0 Å². The number of hydrogen-bond donors (Lipinski definition) is 1. The van der Waals surface area contributed by atoms with Gasteiger partial charge in [-0.3, -0.25) is 0 Å². The van der Waals surface area contributed by atoms with E-state index in [1.807, 2.05) is 6.20 Å². The van der Waals surface area contributed by atoms with Crippen molar-refractivity contribution in [1.29, 1.82) is 0 Å². The second kappa shape index (κ2) is 4.95. The van der Waals surface area contributed by atoms with Crippen LogP contribution in [0, 0.1) is 0 Å². The fourth-order valence-corrected chi connectivity index (χ4v) is 2.89. The van der Waals surface area contributed by atoms with E-state index in [-0.39, 0.29) is 18.9 Å². The van der Waals surface area contributed by atoms with Crippen LogP contribution in [0.5, 0.6) is 0 Å². The lowest BCUT2D eigenvalue weighted by atomic mass is 9.94. The summed E-state index contributed by atoms with van der Waals surface area (Å²) in [5.74, 6) is -0.527. The molecule has 0 aliphatic carbocycles. The first-order valence-electron chi connectivity index (χ1n) is 6.64. The minimum absolute atomic E-state index is 0.0686. The average molecular weight is 253 g/mol.